The molecular formula is C11H18N4OSi. The SMILES string of the molecule is CC(C)Oc1nc2nc([Si](C)(C)C)ncc2[nH]1. The highest BCUT2D eigenvalue weighted by Gasteiger charge is 2.21. The molecule has 0 atom stereocenters. The zero-order valence-electron chi connectivity index (χ0n) is 10.9. The molecule has 0 spiro atoms. The van der Waals surface area contributed by atoms with Gasteiger partial charge in [0.05, 0.1) is 12.3 Å². The quantitative estimate of drug-likeness (QED) is 0.842. The van der Waals surface area contributed by atoms with Gasteiger partial charge in [0.2, 0.25) is 0 Å². The monoisotopic (exact) mass is 250 g/mol. The first-order valence-electron chi connectivity index (χ1n) is 5.76. The van der Waals surface area contributed by atoms with Crippen molar-refractivity contribution in [2.45, 2.75) is 39.6 Å². The first kappa shape index (κ1) is 12.0. The second-order valence-electron chi connectivity index (χ2n) is 5.39. The number of aromatic nitrogens is 4. The average molecular weight is 250 g/mol. The number of nitrogens with one attached hydrogen (secondary N) is 1. The average Bonchev–Trinajstić information content (AvgIpc) is 2.55. The highest BCUT2D eigenvalue weighted by molar-refractivity contribution is 6.87. The van der Waals surface area contributed by atoms with Crippen LogP contribution in [0.25, 0.3) is 11.2 Å². The molecule has 0 aromatic carbocycles. The van der Waals surface area contributed by atoms with Crippen LogP contribution in [0.3, 0.4) is 0 Å². The minimum Gasteiger partial charge on any atom is -0.462 e. The highest BCUT2D eigenvalue weighted by Crippen LogP contribution is 2.13. The molecule has 6 heteroatoms. The Morgan fingerprint density at radius 2 is 1.94 bits per heavy atom. The van der Waals surface area contributed by atoms with Crippen LogP contribution in [0.5, 0.6) is 6.01 Å². The summed E-state index contributed by atoms with van der Waals surface area (Å²) < 4.78 is 5.50. The first-order chi connectivity index (χ1) is 7.86. The van der Waals surface area contributed by atoms with Gasteiger partial charge in [0.25, 0.3) is 6.01 Å². The molecule has 0 unspecified atom stereocenters. The molecule has 17 heavy (non-hydrogen) atoms. The van der Waals surface area contributed by atoms with Gasteiger partial charge in [0.15, 0.2) is 5.65 Å². The summed E-state index contributed by atoms with van der Waals surface area (Å²) >= 11 is 0. The van der Waals surface area contributed by atoms with Gasteiger partial charge >= 0.3 is 0 Å². The lowest BCUT2D eigenvalue weighted by Gasteiger charge is -2.12. The maximum Gasteiger partial charge on any atom is 0.296 e. The topological polar surface area (TPSA) is 63.7 Å². The van der Waals surface area contributed by atoms with Gasteiger partial charge in [-0.15, -0.1) is 0 Å². The smallest absolute Gasteiger partial charge is 0.296 e. The van der Waals surface area contributed by atoms with E-state index in [0.29, 0.717) is 11.7 Å². The van der Waals surface area contributed by atoms with Gasteiger partial charge in [-0.05, 0) is 13.8 Å². The van der Waals surface area contributed by atoms with E-state index in [1.54, 1.807) is 6.20 Å². The van der Waals surface area contributed by atoms with Crippen LogP contribution in [0.15, 0.2) is 6.20 Å². The Kier molecular flexibility index (Phi) is 2.90. The van der Waals surface area contributed by atoms with Gasteiger partial charge in [-0.1, -0.05) is 19.6 Å². The molecule has 0 radical (unpaired) electrons. The summed E-state index contributed by atoms with van der Waals surface area (Å²) in [6.07, 6.45) is 1.89. The predicted molar refractivity (Wildman–Crippen MR) is 70.4 cm³/mol. The number of fused-ring (bicyclic) bond motifs is 1. The molecular weight excluding hydrogens is 232 g/mol. The maximum atomic E-state index is 5.50. The van der Waals surface area contributed by atoms with E-state index in [1.807, 2.05) is 13.8 Å². The van der Waals surface area contributed by atoms with E-state index in [9.17, 15) is 0 Å². The molecule has 0 bridgehead atoms. The minimum atomic E-state index is -1.49. The third-order valence-electron chi connectivity index (χ3n) is 2.24. The molecule has 5 nitrogen and oxygen atoms in total. The molecule has 0 fully saturated rings. The van der Waals surface area contributed by atoms with Crippen LogP contribution in [-0.2, 0) is 0 Å². The Morgan fingerprint density at radius 1 is 1.24 bits per heavy atom. The summed E-state index contributed by atoms with van der Waals surface area (Å²) in [5, 5.41) is 0. The highest BCUT2D eigenvalue weighted by atomic mass is 28.3. The fourth-order valence-corrected chi connectivity index (χ4v) is 2.32. The molecule has 0 amide bonds. The van der Waals surface area contributed by atoms with Crippen molar-refractivity contribution in [3.8, 4) is 6.01 Å². The van der Waals surface area contributed by atoms with Crippen molar-refractivity contribution < 1.29 is 4.74 Å². The minimum absolute atomic E-state index is 0.0972. The van der Waals surface area contributed by atoms with Crippen molar-refractivity contribution in [1.82, 2.24) is 19.9 Å². The van der Waals surface area contributed by atoms with Crippen LogP contribution < -0.4 is 10.2 Å². The lowest BCUT2D eigenvalue weighted by molar-refractivity contribution is 0.225. The molecule has 0 saturated heterocycles. The van der Waals surface area contributed by atoms with Gasteiger partial charge in [-0.2, -0.15) is 4.98 Å². The number of aromatic amines is 1. The van der Waals surface area contributed by atoms with Crippen molar-refractivity contribution in [2.24, 2.45) is 0 Å². The number of H-pyrrole nitrogens is 1. The molecule has 0 aliphatic rings. The van der Waals surface area contributed by atoms with E-state index in [2.05, 4.69) is 39.6 Å². The number of nitrogens with zero attached hydrogens (tertiary/aromatic N) is 3. The van der Waals surface area contributed by atoms with Crippen molar-refractivity contribution >= 4 is 24.7 Å². The summed E-state index contributed by atoms with van der Waals surface area (Å²) in [6, 6.07) is 0.511. The van der Waals surface area contributed by atoms with Gasteiger partial charge in [0.1, 0.15) is 19.0 Å². The van der Waals surface area contributed by atoms with Gasteiger partial charge in [0, 0.05) is 0 Å². The molecule has 0 aliphatic carbocycles. The summed E-state index contributed by atoms with van der Waals surface area (Å²) in [7, 11) is -1.49. The second-order valence-corrected chi connectivity index (χ2v) is 10.3. The Morgan fingerprint density at radius 3 is 2.53 bits per heavy atom. The number of ether oxygens (including phenoxy) is 1. The van der Waals surface area contributed by atoms with E-state index in [4.69, 9.17) is 4.74 Å². The number of imidazole rings is 1. The fraction of sp³-hybridized carbons (Fsp3) is 0.545. The summed E-state index contributed by atoms with van der Waals surface area (Å²) in [5.74, 6) is 0. The molecule has 2 rings (SSSR count). The summed E-state index contributed by atoms with van der Waals surface area (Å²) in [4.78, 5) is 16.3. The van der Waals surface area contributed by atoms with Crippen LogP contribution >= 0.6 is 0 Å². The second kappa shape index (κ2) is 4.10. The van der Waals surface area contributed by atoms with Crippen molar-refractivity contribution in [1.29, 1.82) is 0 Å². The molecule has 2 heterocycles. The van der Waals surface area contributed by atoms with Crippen LogP contribution in [0.2, 0.25) is 19.6 Å². The molecule has 2 aromatic rings. The standard InChI is InChI=1S/C11H18N4OSi/c1-7(2)16-10-13-8-6-12-11(17(3,4)5)15-9(8)14-10/h6-7H,1-5H3,(H,12,13,14,15). The summed E-state index contributed by atoms with van der Waals surface area (Å²) in [5.41, 5.74) is 2.43. The molecule has 0 saturated carbocycles. The maximum absolute atomic E-state index is 5.50. The van der Waals surface area contributed by atoms with E-state index >= 15 is 0 Å². The molecule has 92 valence electrons. The number of hydrogen-bond acceptors (Lipinski definition) is 4. The van der Waals surface area contributed by atoms with Crippen LogP contribution in [0.1, 0.15) is 13.8 Å². The number of hydrogen-bond donors (Lipinski definition) is 1. The van der Waals surface area contributed by atoms with Crippen molar-refractivity contribution in [3.05, 3.63) is 6.20 Å². The third kappa shape index (κ3) is 2.63. The first-order valence-corrected chi connectivity index (χ1v) is 9.26. The Hall–Kier alpha value is -1.43. The molecule has 0 aliphatic heterocycles. The van der Waals surface area contributed by atoms with Crippen LogP contribution in [0, 0.1) is 0 Å². The van der Waals surface area contributed by atoms with Crippen molar-refractivity contribution in [2.75, 3.05) is 0 Å². The fourth-order valence-electron chi connectivity index (χ4n) is 1.43. The largest absolute Gasteiger partial charge is 0.462 e. The lowest BCUT2D eigenvalue weighted by atomic mass is 10.5. The predicted octanol–water partition coefficient (Wildman–Crippen LogP) is 1.69. The van der Waals surface area contributed by atoms with Crippen molar-refractivity contribution in [3.63, 3.8) is 0 Å². The Labute approximate surface area is 102 Å². The van der Waals surface area contributed by atoms with E-state index in [0.717, 1.165) is 11.0 Å². The van der Waals surface area contributed by atoms with Crippen LogP contribution in [0.4, 0.5) is 0 Å². The molecule has 2 aromatic heterocycles. The van der Waals surface area contributed by atoms with Gasteiger partial charge < -0.3 is 9.72 Å². The lowest BCUT2D eigenvalue weighted by Crippen LogP contribution is -2.42. The van der Waals surface area contributed by atoms with Crippen LogP contribution in [-0.4, -0.2) is 34.1 Å². The van der Waals surface area contributed by atoms with E-state index in [-0.39, 0.29) is 6.10 Å². The summed E-state index contributed by atoms with van der Waals surface area (Å²) in [6.45, 7) is 10.6. The van der Waals surface area contributed by atoms with Gasteiger partial charge in [-0.25, -0.2) is 9.97 Å². The Bertz CT molecular complexity index is 530. The van der Waals surface area contributed by atoms with E-state index < -0.39 is 8.07 Å². The normalized spacial score (nSPS) is 12.4. The number of rotatable bonds is 3. The zero-order valence-corrected chi connectivity index (χ0v) is 11.9. The third-order valence-corrected chi connectivity index (χ3v) is 3.82. The Balaban J connectivity index is 2.41. The van der Waals surface area contributed by atoms with Gasteiger partial charge in [-0.3, -0.25) is 0 Å². The zero-order chi connectivity index (χ0) is 12.6. The van der Waals surface area contributed by atoms with E-state index in [1.165, 1.54) is 0 Å². The molecule has 1 N–H and O–H groups in total.